The van der Waals surface area contributed by atoms with Gasteiger partial charge in [-0.3, -0.25) is 14.7 Å². The summed E-state index contributed by atoms with van der Waals surface area (Å²) in [5, 5.41) is 16.4. The molecule has 1 fully saturated rings. The Bertz CT molecular complexity index is 759. The molecule has 7 nitrogen and oxygen atoms in total. The molecule has 136 valence electrons. The number of carbonyl (C=O) groups is 1. The molecule has 1 amide bonds. The summed E-state index contributed by atoms with van der Waals surface area (Å²) in [5.74, 6) is -0.288. The molecular formula is C18H26N4O3. The van der Waals surface area contributed by atoms with Crippen LogP contribution in [0.25, 0.3) is 10.9 Å². The fraction of sp³-hybridized carbons (Fsp3) is 0.556. The lowest BCUT2D eigenvalue weighted by Gasteiger charge is -2.23. The minimum Gasteiger partial charge on any atom is -0.390 e. The first kappa shape index (κ1) is 17.7. The van der Waals surface area contributed by atoms with Crippen molar-refractivity contribution in [2.75, 3.05) is 26.2 Å². The lowest BCUT2D eigenvalue weighted by molar-refractivity contribution is -0.122. The van der Waals surface area contributed by atoms with Crippen molar-refractivity contribution >= 4 is 16.8 Å². The first-order valence-corrected chi connectivity index (χ1v) is 8.98. The smallest absolute Gasteiger partial charge is 0.274 e. The van der Waals surface area contributed by atoms with Gasteiger partial charge >= 0.3 is 0 Å². The zero-order valence-corrected chi connectivity index (χ0v) is 14.4. The number of aromatic nitrogens is 2. The Morgan fingerprint density at radius 2 is 1.92 bits per heavy atom. The Hall–Kier alpha value is -2.12. The van der Waals surface area contributed by atoms with E-state index >= 15 is 0 Å². The second-order valence-corrected chi connectivity index (χ2v) is 6.72. The van der Waals surface area contributed by atoms with Crippen molar-refractivity contribution in [3.63, 3.8) is 0 Å². The molecule has 3 rings (SSSR count). The molecule has 1 aliphatic heterocycles. The number of carbonyl (C=O) groups excluding carboxylic acids is 1. The Morgan fingerprint density at radius 3 is 2.64 bits per heavy atom. The SMILES string of the molecule is O=C(Cn1[nH]c2ccccc2c1=O)NC[C@@H](O)CN1CCCCCC1. The second-order valence-electron chi connectivity index (χ2n) is 6.72. The van der Waals surface area contributed by atoms with Crippen LogP contribution < -0.4 is 10.9 Å². The van der Waals surface area contributed by atoms with E-state index < -0.39 is 6.10 Å². The molecule has 7 heteroatoms. The van der Waals surface area contributed by atoms with E-state index in [2.05, 4.69) is 15.3 Å². The number of para-hydroxylation sites is 1. The number of nitrogens with one attached hydrogen (secondary N) is 2. The number of hydrogen-bond acceptors (Lipinski definition) is 4. The van der Waals surface area contributed by atoms with E-state index in [1.807, 2.05) is 6.07 Å². The number of aliphatic hydroxyl groups excluding tert-OH is 1. The van der Waals surface area contributed by atoms with Crippen molar-refractivity contribution in [3.8, 4) is 0 Å². The fourth-order valence-electron chi connectivity index (χ4n) is 3.33. The van der Waals surface area contributed by atoms with Gasteiger partial charge in [0.2, 0.25) is 5.91 Å². The van der Waals surface area contributed by atoms with Crippen molar-refractivity contribution in [2.45, 2.75) is 38.3 Å². The first-order chi connectivity index (χ1) is 12.1. The number of hydrogen-bond donors (Lipinski definition) is 3. The number of nitrogens with zero attached hydrogens (tertiary/aromatic N) is 2. The van der Waals surface area contributed by atoms with Crippen LogP contribution in [0.4, 0.5) is 0 Å². The number of benzene rings is 1. The molecule has 0 bridgehead atoms. The molecule has 1 aromatic heterocycles. The van der Waals surface area contributed by atoms with Gasteiger partial charge in [-0.2, -0.15) is 0 Å². The standard InChI is InChI=1S/C18H26N4O3/c23-14(12-21-9-5-1-2-6-10-21)11-19-17(24)13-22-18(25)15-7-3-4-8-16(15)20-22/h3-4,7-8,14,20,23H,1-2,5-6,9-13H2,(H,19,24)/t14-/m1/s1. The Balaban J connectivity index is 1.48. The average Bonchev–Trinajstić information content (AvgIpc) is 2.78. The van der Waals surface area contributed by atoms with Gasteiger partial charge in [0.25, 0.3) is 5.56 Å². The van der Waals surface area contributed by atoms with Crippen LogP contribution in [0.1, 0.15) is 25.7 Å². The van der Waals surface area contributed by atoms with Crippen molar-refractivity contribution in [1.29, 1.82) is 0 Å². The maximum absolute atomic E-state index is 12.2. The first-order valence-electron chi connectivity index (χ1n) is 8.98. The molecular weight excluding hydrogens is 320 g/mol. The Labute approximate surface area is 146 Å². The monoisotopic (exact) mass is 346 g/mol. The molecule has 2 aromatic rings. The molecule has 1 aliphatic rings. The second kappa shape index (κ2) is 8.31. The van der Waals surface area contributed by atoms with Gasteiger partial charge in [0, 0.05) is 13.1 Å². The van der Waals surface area contributed by atoms with E-state index in [1.165, 1.54) is 30.4 Å². The normalized spacial score (nSPS) is 17.3. The third-order valence-electron chi connectivity index (χ3n) is 4.66. The molecule has 1 atom stereocenters. The molecule has 0 unspecified atom stereocenters. The van der Waals surface area contributed by atoms with E-state index in [0.29, 0.717) is 17.4 Å². The maximum atomic E-state index is 12.2. The van der Waals surface area contributed by atoms with Crippen LogP contribution in [0, 0.1) is 0 Å². The molecule has 0 aliphatic carbocycles. The van der Waals surface area contributed by atoms with Crippen LogP contribution in [0.3, 0.4) is 0 Å². The van der Waals surface area contributed by atoms with Crippen LogP contribution in [-0.4, -0.2) is 58.0 Å². The molecule has 3 N–H and O–H groups in total. The number of β-amino-alcohol motifs (C(OH)–C–C–N with tert-alkyl or cyclic N) is 1. The minimum absolute atomic E-state index is 0.0794. The number of aromatic amines is 1. The zero-order chi connectivity index (χ0) is 17.6. The van der Waals surface area contributed by atoms with E-state index in [0.717, 1.165) is 13.1 Å². The summed E-state index contributed by atoms with van der Waals surface area (Å²) in [5.41, 5.74) is 0.498. The quantitative estimate of drug-likeness (QED) is 0.718. The van der Waals surface area contributed by atoms with Gasteiger partial charge in [-0.25, -0.2) is 4.68 Å². The highest BCUT2D eigenvalue weighted by atomic mass is 16.3. The van der Waals surface area contributed by atoms with Crippen molar-refractivity contribution in [1.82, 2.24) is 20.0 Å². The molecule has 1 saturated heterocycles. The number of aliphatic hydroxyl groups is 1. The number of likely N-dealkylation sites (tertiary alicyclic amines) is 1. The lowest BCUT2D eigenvalue weighted by Crippen LogP contribution is -2.42. The molecule has 25 heavy (non-hydrogen) atoms. The molecule has 0 spiro atoms. The Kier molecular flexibility index (Phi) is 5.88. The van der Waals surface area contributed by atoms with Crippen molar-refractivity contribution in [2.24, 2.45) is 0 Å². The van der Waals surface area contributed by atoms with Gasteiger partial charge in [0.05, 0.1) is 17.0 Å². The highest BCUT2D eigenvalue weighted by Gasteiger charge is 2.15. The summed E-state index contributed by atoms with van der Waals surface area (Å²) in [6.45, 7) is 2.71. The zero-order valence-electron chi connectivity index (χ0n) is 14.4. The lowest BCUT2D eigenvalue weighted by atomic mass is 10.2. The highest BCUT2D eigenvalue weighted by Crippen LogP contribution is 2.09. The predicted molar refractivity (Wildman–Crippen MR) is 96.5 cm³/mol. The van der Waals surface area contributed by atoms with Gasteiger partial charge in [0.15, 0.2) is 0 Å². The van der Waals surface area contributed by atoms with Gasteiger partial charge < -0.3 is 15.3 Å². The minimum atomic E-state index is -0.596. The van der Waals surface area contributed by atoms with Crippen LogP contribution in [-0.2, 0) is 11.3 Å². The van der Waals surface area contributed by atoms with Gasteiger partial charge in [-0.15, -0.1) is 0 Å². The molecule has 0 radical (unpaired) electrons. The molecule has 0 saturated carbocycles. The summed E-state index contributed by atoms with van der Waals surface area (Å²) in [4.78, 5) is 26.5. The van der Waals surface area contributed by atoms with Crippen LogP contribution in [0.15, 0.2) is 29.1 Å². The molecule has 2 heterocycles. The number of rotatable bonds is 6. The van der Waals surface area contributed by atoms with Gasteiger partial charge in [-0.05, 0) is 38.1 Å². The van der Waals surface area contributed by atoms with Crippen LogP contribution in [0.5, 0.6) is 0 Å². The summed E-state index contributed by atoms with van der Waals surface area (Å²) in [6.07, 6.45) is 4.25. The third kappa shape index (κ3) is 4.70. The largest absolute Gasteiger partial charge is 0.390 e. The summed E-state index contributed by atoms with van der Waals surface area (Å²) in [6, 6.07) is 7.16. The van der Waals surface area contributed by atoms with Crippen LogP contribution in [0.2, 0.25) is 0 Å². The fourth-order valence-corrected chi connectivity index (χ4v) is 3.33. The summed E-state index contributed by atoms with van der Waals surface area (Å²) in [7, 11) is 0. The Morgan fingerprint density at radius 1 is 1.20 bits per heavy atom. The predicted octanol–water partition coefficient (Wildman–Crippen LogP) is 0.683. The molecule has 1 aromatic carbocycles. The number of amides is 1. The van der Waals surface area contributed by atoms with Gasteiger partial charge in [0.1, 0.15) is 6.54 Å². The van der Waals surface area contributed by atoms with Crippen molar-refractivity contribution in [3.05, 3.63) is 34.6 Å². The number of fused-ring (bicyclic) bond motifs is 1. The van der Waals surface area contributed by atoms with E-state index in [1.54, 1.807) is 18.2 Å². The van der Waals surface area contributed by atoms with E-state index in [9.17, 15) is 14.7 Å². The van der Waals surface area contributed by atoms with E-state index in [-0.39, 0.29) is 24.6 Å². The average molecular weight is 346 g/mol. The van der Waals surface area contributed by atoms with E-state index in [4.69, 9.17) is 0 Å². The maximum Gasteiger partial charge on any atom is 0.274 e. The topological polar surface area (TPSA) is 90.4 Å². The van der Waals surface area contributed by atoms with Crippen LogP contribution >= 0.6 is 0 Å². The highest BCUT2D eigenvalue weighted by molar-refractivity contribution is 5.79. The summed E-state index contributed by atoms with van der Waals surface area (Å²) < 4.78 is 1.29. The third-order valence-corrected chi connectivity index (χ3v) is 4.66. The summed E-state index contributed by atoms with van der Waals surface area (Å²) >= 11 is 0. The number of H-pyrrole nitrogens is 1. The van der Waals surface area contributed by atoms with Crippen molar-refractivity contribution < 1.29 is 9.90 Å². The van der Waals surface area contributed by atoms with Gasteiger partial charge in [-0.1, -0.05) is 25.0 Å².